The van der Waals surface area contributed by atoms with Crippen LogP contribution in [0.15, 0.2) is 66.7 Å². The Balaban J connectivity index is 1.22. The average Bonchev–Trinajstić information content (AvgIpc) is 2.84. The van der Waals surface area contributed by atoms with Crippen molar-refractivity contribution in [2.45, 2.75) is 25.9 Å². The summed E-state index contributed by atoms with van der Waals surface area (Å²) in [5, 5.41) is 0. The molecule has 0 aliphatic carbocycles. The maximum absolute atomic E-state index is 12.7. The van der Waals surface area contributed by atoms with Crippen LogP contribution in [0.25, 0.3) is 0 Å². The average molecular weight is 484 g/mol. The highest BCUT2D eigenvalue weighted by Gasteiger charge is 2.30. The Bertz CT molecular complexity index is 1120. The first-order chi connectivity index (χ1) is 16.8. The molecule has 1 aromatic heterocycles. The van der Waals surface area contributed by atoms with Gasteiger partial charge in [-0.15, -0.1) is 0 Å². The molecule has 0 bridgehead atoms. The highest BCUT2D eigenvalue weighted by molar-refractivity contribution is 5.70. The third kappa shape index (κ3) is 7.05. The van der Waals surface area contributed by atoms with Crippen LogP contribution in [0.1, 0.15) is 28.1 Å². The second-order valence-electron chi connectivity index (χ2n) is 8.73. The van der Waals surface area contributed by atoms with E-state index in [9.17, 15) is 18.0 Å². The van der Waals surface area contributed by atoms with E-state index in [0.29, 0.717) is 25.3 Å². The topological polar surface area (TPSA) is 45.7 Å². The fraction of sp³-hybridized carbons (Fsp3) is 0.333. The van der Waals surface area contributed by atoms with Gasteiger partial charge in [-0.3, -0.25) is 9.88 Å². The molecule has 2 aromatic carbocycles. The molecular weight excluding hydrogens is 455 g/mol. The van der Waals surface area contributed by atoms with Gasteiger partial charge in [0.15, 0.2) is 0 Å². The zero-order valence-corrected chi connectivity index (χ0v) is 19.6. The minimum absolute atomic E-state index is 0.375. The van der Waals surface area contributed by atoms with Crippen LogP contribution in [0.2, 0.25) is 0 Å². The summed E-state index contributed by atoms with van der Waals surface area (Å²) in [6, 6.07) is 18.2. The lowest BCUT2D eigenvalue weighted by atomic mass is 10.0. The van der Waals surface area contributed by atoms with Gasteiger partial charge in [-0.2, -0.15) is 13.2 Å². The summed E-state index contributed by atoms with van der Waals surface area (Å²) in [6.45, 7) is 5.67. The van der Waals surface area contributed by atoms with Gasteiger partial charge in [-0.1, -0.05) is 30.3 Å². The zero-order valence-electron chi connectivity index (χ0n) is 19.6. The van der Waals surface area contributed by atoms with E-state index in [1.807, 2.05) is 37.3 Å². The molecule has 0 spiro atoms. The summed E-state index contributed by atoms with van der Waals surface area (Å²) in [6.07, 6.45) is -3.34. The molecule has 0 unspecified atom stereocenters. The third-order valence-electron chi connectivity index (χ3n) is 6.08. The number of ether oxygens (including phenoxy) is 1. The quantitative estimate of drug-likeness (QED) is 0.474. The lowest BCUT2D eigenvalue weighted by molar-refractivity contribution is -0.137. The summed E-state index contributed by atoms with van der Waals surface area (Å²) in [4.78, 5) is 21.1. The SMILES string of the molecule is Cc1cccc(CCN2CCN(C(=O)Oc3ccc(Cc4ccc(C(F)(F)F)cc4)cc3)CC2)n1. The molecule has 1 aliphatic heterocycles. The molecule has 1 amide bonds. The molecule has 0 N–H and O–H groups in total. The van der Waals surface area contributed by atoms with Gasteiger partial charge in [-0.05, 0) is 60.9 Å². The summed E-state index contributed by atoms with van der Waals surface area (Å²) >= 11 is 0. The van der Waals surface area contributed by atoms with Crippen molar-refractivity contribution < 1.29 is 22.7 Å². The maximum Gasteiger partial charge on any atom is 0.416 e. The molecular formula is C27H28F3N3O2. The monoisotopic (exact) mass is 483 g/mol. The van der Waals surface area contributed by atoms with E-state index >= 15 is 0 Å². The van der Waals surface area contributed by atoms with Crippen molar-refractivity contribution in [2.24, 2.45) is 0 Å². The first-order valence-corrected chi connectivity index (χ1v) is 11.6. The molecule has 1 aliphatic rings. The first kappa shape index (κ1) is 24.7. The smallest absolute Gasteiger partial charge is 0.410 e. The van der Waals surface area contributed by atoms with Gasteiger partial charge in [0.25, 0.3) is 0 Å². The molecule has 0 radical (unpaired) electrons. The van der Waals surface area contributed by atoms with Crippen LogP contribution in [-0.2, 0) is 19.0 Å². The van der Waals surface area contributed by atoms with Crippen LogP contribution in [-0.4, -0.2) is 53.6 Å². The number of benzene rings is 2. The number of hydrogen-bond donors (Lipinski definition) is 0. The van der Waals surface area contributed by atoms with Crippen molar-refractivity contribution in [3.63, 3.8) is 0 Å². The number of nitrogens with zero attached hydrogens (tertiary/aromatic N) is 3. The Kier molecular flexibility index (Phi) is 7.70. The highest BCUT2D eigenvalue weighted by atomic mass is 19.4. The van der Waals surface area contributed by atoms with Crippen molar-refractivity contribution in [2.75, 3.05) is 32.7 Å². The molecule has 184 valence electrons. The van der Waals surface area contributed by atoms with Gasteiger partial charge in [-0.25, -0.2) is 4.79 Å². The number of carbonyl (C=O) groups is 1. The fourth-order valence-electron chi connectivity index (χ4n) is 4.05. The number of piperazine rings is 1. The Morgan fingerprint density at radius 2 is 1.54 bits per heavy atom. The van der Waals surface area contributed by atoms with E-state index < -0.39 is 11.7 Å². The van der Waals surface area contributed by atoms with Crippen molar-refractivity contribution in [3.05, 3.63) is 94.8 Å². The van der Waals surface area contributed by atoms with E-state index in [1.165, 1.54) is 12.1 Å². The number of carbonyl (C=O) groups excluding carboxylic acids is 1. The minimum Gasteiger partial charge on any atom is -0.410 e. The van der Waals surface area contributed by atoms with Gasteiger partial charge >= 0.3 is 12.3 Å². The van der Waals surface area contributed by atoms with Crippen molar-refractivity contribution >= 4 is 6.09 Å². The Hall–Kier alpha value is -3.39. The number of halogens is 3. The molecule has 1 saturated heterocycles. The predicted molar refractivity (Wildman–Crippen MR) is 127 cm³/mol. The molecule has 4 rings (SSSR count). The fourth-order valence-corrected chi connectivity index (χ4v) is 4.05. The molecule has 3 aromatic rings. The molecule has 1 fully saturated rings. The number of pyridine rings is 1. The predicted octanol–water partition coefficient (Wildman–Crippen LogP) is 5.36. The lowest BCUT2D eigenvalue weighted by Gasteiger charge is -2.33. The zero-order chi connectivity index (χ0) is 24.8. The van der Waals surface area contributed by atoms with E-state index in [4.69, 9.17) is 4.74 Å². The molecule has 35 heavy (non-hydrogen) atoms. The first-order valence-electron chi connectivity index (χ1n) is 11.6. The molecule has 2 heterocycles. The summed E-state index contributed by atoms with van der Waals surface area (Å²) in [5.74, 6) is 0.444. The van der Waals surface area contributed by atoms with Crippen molar-refractivity contribution in [3.8, 4) is 5.75 Å². The number of aryl methyl sites for hydroxylation is 1. The maximum atomic E-state index is 12.7. The van der Waals surface area contributed by atoms with E-state index in [1.54, 1.807) is 17.0 Å². The summed E-state index contributed by atoms with van der Waals surface area (Å²) in [7, 11) is 0. The lowest BCUT2D eigenvalue weighted by Crippen LogP contribution is -2.49. The van der Waals surface area contributed by atoms with Crippen LogP contribution < -0.4 is 4.74 Å². The largest absolute Gasteiger partial charge is 0.416 e. The van der Waals surface area contributed by atoms with Crippen LogP contribution in [0.3, 0.4) is 0 Å². The van der Waals surface area contributed by atoms with E-state index in [2.05, 4.69) is 9.88 Å². The Morgan fingerprint density at radius 3 is 2.14 bits per heavy atom. The summed E-state index contributed by atoms with van der Waals surface area (Å²) in [5.41, 5.74) is 3.13. The third-order valence-corrected chi connectivity index (χ3v) is 6.08. The van der Waals surface area contributed by atoms with Crippen LogP contribution in [0.4, 0.5) is 18.0 Å². The van der Waals surface area contributed by atoms with Crippen molar-refractivity contribution in [1.82, 2.24) is 14.8 Å². The van der Waals surface area contributed by atoms with Gasteiger partial charge in [0.1, 0.15) is 5.75 Å². The van der Waals surface area contributed by atoms with Gasteiger partial charge in [0.05, 0.1) is 5.56 Å². The number of amides is 1. The van der Waals surface area contributed by atoms with Crippen molar-refractivity contribution in [1.29, 1.82) is 0 Å². The van der Waals surface area contributed by atoms with Crippen LogP contribution in [0.5, 0.6) is 5.75 Å². The molecule has 0 saturated carbocycles. The highest BCUT2D eigenvalue weighted by Crippen LogP contribution is 2.29. The standard InChI is InChI=1S/C27H28F3N3O2/c1-20-3-2-4-24(31-20)13-14-32-15-17-33(18-16-32)26(34)35-25-11-7-22(8-12-25)19-21-5-9-23(10-6-21)27(28,29)30/h2-12H,13-19H2,1H3. The normalized spacial score (nSPS) is 14.7. The second kappa shape index (κ2) is 10.9. The van der Waals surface area contributed by atoms with E-state index in [-0.39, 0.29) is 6.09 Å². The van der Waals surface area contributed by atoms with E-state index in [0.717, 1.165) is 60.7 Å². The molecule has 8 heteroatoms. The van der Waals surface area contributed by atoms with Gasteiger partial charge in [0, 0.05) is 50.5 Å². The van der Waals surface area contributed by atoms with Gasteiger partial charge in [0.2, 0.25) is 0 Å². The number of rotatable bonds is 6. The van der Waals surface area contributed by atoms with Crippen LogP contribution >= 0.6 is 0 Å². The van der Waals surface area contributed by atoms with Gasteiger partial charge < -0.3 is 9.64 Å². The number of aromatic nitrogens is 1. The number of hydrogen-bond acceptors (Lipinski definition) is 4. The molecule has 5 nitrogen and oxygen atoms in total. The summed E-state index contributed by atoms with van der Waals surface area (Å²) < 4.78 is 43.7. The Labute approximate surface area is 203 Å². The molecule has 0 atom stereocenters. The van der Waals surface area contributed by atoms with Crippen LogP contribution in [0, 0.1) is 6.92 Å². The minimum atomic E-state index is -4.34. The second-order valence-corrected chi connectivity index (χ2v) is 8.73. The number of alkyl halides is 3. The Morgan fingerprint density at radius 1 is 0.914 bits per heavy atom.